The fourth-order valence-electron chi connectivity index (χ4n) is 2.24. The highest BCUT2D eigenvalue weighted by Gasteiger charge is 2.11. The minimum absolute atomic E-state index is 0.0146. The average molecular weight is 362 g/mol. The third-order valence-corrected chi connectivity index (χ3v) is 4.98. The van der Waals surface area contributed by atoms with Crippen LogP contribution in [0, 0.1) is 0 Å². The van der Waals surface area contributed by atoms with Crippen LogP contribution in [0.25, 0.3) is 0 Å². The van der Waals surface area contributed by atoms with Gasteiger partial charge in [-0.3, -0.25) is 9.52 Å². The summed E-state index contributed by atoms with van der Waals surface area (Å²) in [6.45, 7) is 0. The summed E-state index contributed by atoms with van der Waals surface area (Å²) in [5.41, 5.74) is 2.23. The first-order chi connectivity index (χ1) is 11.9. The summed E-state index contributed by atoms with van der Waals surface area (Å²) >= 11 is 0. The van der Waals surface area contributed by atoms with E-state index in [4.69, 9.17) is 4.74 Å². The van der Waals surface area contributed by atoms with Gasteiger partial charge >= 0.3 is 0 Å². The lowest BCUT2D eigenvalue weighted by atomic mass is 10.1. The van der Waals surface area contributed by atoms with Crippen molar-refractivity contribution in [1.82, 2.24) is 5.32 Å². The van der Waals surface area contributed by atoms with Crippen LogP contribution in [-0.4, -0.2) is 34.2 Å². The molecule has 0 unspecified atom stereocenters. The molecule has 0 aromatic heterocycles. The van der Waals surface area contributed by atoms with Crippen molar-refractivity contribution in [2.24, 2.45) is 0 Å². The molecule has 1 amide bonds. The molecular formula is C18H22N2O4S. The molecule has 0 saturated heterocycles. The second-order valence-corrected chi connectivity index (χ2v) is 7.41. The van der Waals surface area contributed by atoms with E-state index >= 15 is 0 Å². The molecule has 0 saturated carbocycles. The number of amides is 1. The van der Waals surface area contributed by atoms with Gasteiger partial charge in [0.15, 0.2) is 0 Å². The van der Waals surface area contributed by atoms with Crippen molar-refractivity contribution in [2.75, 3.05) is 24.6 Å². The molecule has 7 heteroatoms. The van der Waals surface area contributed by atoms with Crippen LogP contribution in [0.2, 0.25) is 0 Å². The maximum absolute atomic E-state index is 12.2. The molecule has 0 fully saturated rings. The number of carbonyl (C=O) groups is 1. The molecule has 0 spiro atoms. The predicted molar refractivity (Wildman–Crippen MR) is 98.3 cm³/mol. The van der Waals surface area contributed by atoms with Crippen molar-refractivity contribution in [3.8, 4) is 5.75 Å². The maximum Gasteiger partial charge on any atom is 0.233 e. The Hall–Kier alpha value is -2.54. The van der Waals surface area contributed by atoms with Gasteiger partial charge in [-0.1, -0.05) is 24.3 Å². The Morgan fingerprint density at radius 3 is 2.16 bits per heavy atom. The molecule has 2 N–H and O–H groups in total. The number of carbonyl (C=O) groups excluding carboxylic acids is 1. The molecule has 2 aromatic rings. The number of methoxy groups -OCH3 is 1. The lowest BCUT2D eigenvalue weighted by Gasteiger charge is -2.09. The first-order valence-electron chi connectivity index (χ1n) is 7.85. The normalized spacial score (nSPS) is 11.0. The van der Waals surface area contributed by atoms with Crippen LogP contribution in [0.4, 0.5) is 5.69 Å². The smallest absolute Gasteiger partial charge is 0.233 e. The van der Waals surface area contributed by atoms with E-state index in [0.717, 1.165) is 16.9 Å². The van der Waals surface area contributed by atoms with Crippen molar-refractivity contribution in [1.29, 1.82) is 0 Å². The number of aryl methyl sites for hydroxylation is 1. The highest BCUT2D eigenvalue weighted by atomic mass is 32.2. The van der Waals surface area contributed by atoms with Gasteiger partial charge < -0.3 is 10.1 Å². The maximum atomic E-state index is 12.2. The number of nitrogens with one attached hydrogen (secondary N) is 2. The van der Waals surface area contributed by atoms with Crippen molar-refractivity contribution in [2.45, 2.75) is 12.8 Å². The second-order valence-electron chi connectivity index (χ2n) is 5.57. The molecule has 25 heavy (non-hydrogen) atoms. The Bertz CT molecular complexity index is 800. The van der Waals surface area contributed by atoms with Gasteiger partial charge in [0.1, 0.15) is 5.75 Å². The number of ether oxygens (including phenoxy) is 1. The molecule has 0 aliphatic rings. The molecule has 2 aromatic carbocycles. The number of likely N-dealkylation sites (N-methyl/N-ethyl adjacent to an activating group) is 1. The molecule has 134 valence electrons. The first kappa shape index (κ1) is 18.8. The van der Waals surface area contributed by atoms with E-state index in [0.29, 0.717) is 12.1 Å². The molecule has 0 atom stereocenters. The standard InChI is InChI=1S/C18H22N2O4S/c1-19-18(21)13-15-3-7-16(8-4-15)20-25(22,23)12-11-14-5-9-17(24-2)10-6-14/h3-10,20H,11-13H2,1-2H3,(H,19,21). The third kappa shape index (κ3) is 6.11. The fraction of sp³-hybridized carbons (Fsp3) is 0.278. The number of rotatable bonds is 8. The number of sulfonamides is 1. The number of hydrogen-bond acceptors (Lipinski definition) is 4. The Balaban J connectivity index is 1.92. The van der Waals surface area contributed by atoms with Crippen LogP contribution in [-0.2, 0) is 27.7 Å². The second kappa shape index (κ2) is 8.53. The van der Waals surface area contributed by atoms with Crippen LogP contribution in [0.1, 0.15) is 11.1 Å². The van der Waals surface area contributed by atoms with Gasteiger partial charge in [-0.25, -0.2) is 8.42 Å². The van der Waals surface area contributed by atoms with Crippen molar-refractivity contribution in [3.63, 3.8) is 0 Å². The van der Waals surface area contributed by atoms with Gasteiger partial charge in [0, 0.05) is 12.7 Å². The van der Waals surface area contributed by atoms with Crippen LogP contribution in [0.15, 0.2) is 48.5 Å². The summed E-state index contributed by atoms with van der Waals surface area (Å²) in [6.07, 6.45) is 0.676. The van der Waals surface area contributed by atoms with Gasteiger partial charge in [0.2, 0.25) is 15.9 Å². The largest absolute Gasteiger partial charge is 0.497 e. The van der Waals surface area contributed by atoms with Gasteiger partial charge in [-0.05, 0) is 41.8 Å². The molecule has 0 bridgehead atoms. The molecule has 0 aliphatic heterocycles. The van der Waals surface area contributed by atoms with E-state index in [1.54, 1.807) is 50.6 Å². The Kier molecular flexibility index (Phi) is 6.41. The summed E-state index contributed by atoms with van der Waals surface area (Å²) in [5.74, 6) is 0.633. The van der Waals surface area contributed by atoms with Crippen molar-refractivity contribution < 1.29 is 17.9 Å². The van der Waals surface area contributed by atoms with Gasteiger partial charge in [0.05, 0.1) is 19.3 Å². The summed E-state index contributed by atoms with van der Waals surface area (Å²) < 4.78 is 32.0. The molecule has 6 nitrogen and oxygen atoms in total. The van der Waals surface area contributed by atoms with E-state index in [-0.39, 0.29) is 18.1 Å². The SMILES string of the molecule is CNC(=O)Cc1ccc(NS(=O)(=O)CCc2ccc(OC)cc2)cc1. The Morgan fingerprint density at radius 1 is 1.00 bits per heavy atom. The van der Waals surface area contributed by atoms with Gasteiger partial charge in [-0.2, -0.15) is 0 Å². The van der Waals surface area contributed by atoms with Gasteiger partial charge in [0.25, 0.3) is 0 Å². The van der Waals surface area contributed by atoms with Gasteiger partial charge in [-0.15, -0.1) is 0 Å². The number of hydrogen-bond donors (Lipinski definition) is 2. The zero-order valence-electron chi connectivity index (χ0n) is 14.3. The summed E-state index contributed by atoms with van der Waals surface area (Å²) in [7, 11) is -0.286. The predicted octanol–water partition coefficient (Wildman–Crippen LogP) is 1.97. The van der Waals surface area contributed by atoms with E-state index in [2.05, 4.69) is 10.0 Å². The topological polar surface area (TPSA) is 84.5 Å². The van der Waals surface area contributed by atoms with E-state index in [9.17, 15) is 13.2 Å². The van der Waals surface area contributed by atoms with Crippen LogP contribution >= 0.6 is 0 Å². The Morgan fingerprint density at radius 2 is 1.60 bits per heavy atom. The minimum atomic E-state index is -3.45. The first-order valence-corrected chi connectivity index (χ1v) is 9.50. The molecule has 0 radical (unpaired) electrons. The lowest BCUT2D eigenvalue weighted by Crippen LogP contribution is -2.20. The summed E-state index contributed by atoms with van der Waals surface area (Å²) in [6, 6.07) is 14.1. The van der Waals surface area contributed by atoms with Crippen LogP contribution < -0.4 is 14.8 Å². The van der Waals surface area contributed by atoms with Crippen LogP contribution in [0.5, 0.6) is 5.75 Å². The van der Waals surface area contributed by atoms with E-state index in [1.807, 2.05) is 12.1 Å². The van der Waals surface area contributed by atoms with E-state index < -0.39 is 10.0 Å². The Labute approximate surface area is 148 Å². The average Bonchev–Trinajstić information content (AvgIpc) is 2.62. The fourth-order valence-corrected chi connectivity index (χ4v) is 3.34. The summed E-state index contributed by atoms with van der Waals surface area (Å²) in [4.78, 5) is 11.3. The molecular weight excluding hydrogens is 340 g/mol. The van der Waals surface area contributed by atoms with E-state index in [1.165, 1.54) is 0 Å². The number of benzene rings is 2. The number of anilines is 1. The highest BCUT2D eigenvalue weighted by Crippen LogP contribution is 2.15. The summed E-state index contributed by atoms with van der Waals surface area (Å²) in [5, 5.41) is 2.55. The molecule has 2 rings (SSSR count). The molecule has 0 heterocycles. The lowest BCUT2D eigenvalue weighted by molar-refractivity contribution is -0.119. The highest BCUT2D eigenvalue weighted by molar-refractivity contribution is 7.92. The third-order valence-electron chi connectivity index (χ3n) is 3.69. The zero-order chi connectivity index (χ0) is 18.3. The zero-order valence-corrected chi connectivity index (χ0v) is 15.1. The van der Waals surface area contributed by atoms with Crippen LogP contribution in [0.3, 0.4) is 0 Å². The quantitative estimate of drug-likeness (QED) is 0.752. The van der Waals surface area contributed by atoms with Crippen molar-refractivity contribution in [3.05, 3.63) is 59.7 Å². The monoisotopic (exact) mass is 362 g/mol. The molecule has 0 aliphatic carbocycles. The minimum Gasteiger partial charge on any atom is -0.497 e. The van der Waals surface area contributed by atoms with Crippen molar-refractivity contribution >= 4 is 21.6 Å².